The number of Topliss-reactive ketones (excluding diaryl/α,β-unsaturated/α-hetero) is 2. The van der Waals surface area contributed by atoms with Crippen molar-refractivity contribution in [3.8, 4) is 0 Å². The third-order valence-corrected chi connectivity index (χ3v) is 2.89. The van der Waals surface area contributed by atoms with Crippen LogP contribution in [0.1, 0.15) is 70.7 Å². The molecule has 0 heterocycles. The van der Waals surface area contributed by atoms with Gasteiger partial charge in [0.05, 0.1) is 0 Å². The van der Waals surface area contributed by atoms with Gasteiger partial charge in [0, 0.05) is 12.3 Å². The van der Waals surface area contributed by atoms with Crippen molar-refractivity contribution in [3.63, 3.8) is 0 Å². The van der Waals surface area contributed by atoms with Crippen molar-refractivity contribution in [1.82, 2.24) is 6.15 Å². The summed E-state index contributed by atoms with van der Waals surface area (Å²) in [7, 11) is 0. The summed E-state index contributed by atoms with van der Waals surface area (Å²) in [4.78, 5) is 21.2. The molecule has 0 saturated carbocycles. The molecular formula is C14H35NO2. The summed E-state index contributed by atoms with van der Waals surface area (Å²) in [6.45, 7) is 15.0. The molecule has 0 aromatic rings. The van der Waals surface area contributed by atoms with E-state index < -0.39 is 0 Å². The van der Waals surface area contributed by atoms with Crippen molar-refractivity contribution in [2.45, 2.75) is 69.2 Å². The van der Waals surface area contributed by atoms with Gasteiger partial charge in [-0.1, -0.05) is 49.0 Å². The molecule has 0 spiro atoms. The van der Waals surface area contributed by atoms with Gasteiger partial charge >= 0.3 is 0 Å². The summed E-state index contributed by atoms with van der Waals surface area (Å²) < 4.78 is 0. The topological polar surface area (TPSA) is 69.1 Å². The largest absolute Gasteiger partial charge is 0.344 e. The molecule has 0 atom stereocenters. The second-order valence-corrected chi connectivity index (χ2v) is 5.60. The average molecular weight is 249 g/mol. The predicted molar refractivity (Wildman–Crippen MR) is 78.8 cm³/mol. The van der Waals surface area contributed by atoms with Gasteiger partial charge in [0.2, 0.25) is 0 Å². The van der Waals surface area contributed by atoms with Gasteiger partial charge in [-0.2, -0.15) is 0 Å². The van der Waals surface area contributed by atoms with E-state index in [1.165, 1.54) is 0 Å². The van der Waals surface area contributed by atoms with Crippen molar-refractivity contribution in [3.05, 3.63) is 0 Å². The lowest BCUT2D eigenvalue weighted by Gasteiger charge is -2.17. The van der Waals surface area contributed by atoms with Crippen LogP contribution in [0, 0.1) is 10.8 Å². The molecule has 3 heteroatoms. The molecular weight excluding hydrogens is 214 g/mol. The Morgan fingerprint density at radius 3 is 1.18 bits per heavy atom. The highest BCUT2D eigenvalue weighted by Gasteiger charge is 2.19. The molecule has 0 fully saturated rings. The normalized spacial score (nSPS) is 10.1. The first kappa shape index (κ1) is 25.2. The minimum absolute atomic E-state index is 0. The molecule has 0 bridgehead atoms. The fourth-order valence-corrected chi connectivity index (χ4v) is 0.249. The van der Waals surface area contributed by atoms with Crippen LogP contribution in [-0.2, 0) is 9.59 Å². The summed E-state index contributed by atoms with van der Waals surface area (Å²) in [5, 5.41) is 0. The van der Waals surface area contributed by atoms with Crippen LogP contribution >= 0.6 is 0 Å². The minimum Gasteiger partial charge on any atom is -0.344 e. The molecule has 0 aromatic carbocycles. The van der Waals surface area contributed by atoms with Crippen LogP contribution in [0.5, 0.6) is 0 Å². The van der Waals surface area contributed by atoms with Crippen molar-refractivity contribution >= 4 is 11.6 Å². The van der Waals surface area contributed by atoms with Crippen LogP contribution in [0.15, 0.2) is 0 Å². The number of hydrogen-bond acceptors (Lipinski definition) is 3. The molecule has 0 unspecified atom stereocenters. The molecule has 3 N–H and O–H groups in total. The quantitative estimate of drug-likeness (QED) is 0.772. The number of rotatable bonds is 2. The summed E-state index contributed by atoms with van der Waals surface area (Å²) in [6.07, 6.45) is 0.933. The number of hydrogen-bond donors (Lipinski definition) is 1. The molecule has 17 heavy (non-hydrogen) atoms. The Labute approximate surface area is 109 Å². The lowest BCUT2D eigenvalue weighted by atomic mass is 9.86. The van der Waals surface area contributed by atoms with Gasteiger partial charge in [-0.25, -0.2) is 0 Å². The van der Waals surface area contributed by atoms with E-state index in [2.05, 4.69) is 0 Å². The van der Waals surface area contributed by atoms with E-state index in [1.54, 1.807) is 13.8 Å². The fourth-order valence-electron chi connectivity index (χ4n) is 0.249. The highest BCUT2D eigenvalue weighted by atomic mass is 16.1. The van der Waals surface area contributed by atoms with Gasteiger partial charge in [-0.05, 0) is 20.3 Å². The summed E-state index contributed by atoms with van der Waals surface area (Å²) in [6, 6.07) is 0. The van der Waals surface area contributed by atoms with Gasteiger partial charge in [0.1, 0.15) is 11.6 Å². The van der Waals surface area contributed by atoms with Gasteiger partial charge in [0.25, 0.3) is 0 Å². The summed E-state index contributed by atoms with van der Waals surface area (Å²) >= 11 is 0. The highest BCUT2D eigenvalue weighted by molar-refractivity contribution is 5.81. The molecule has 108 valence electrons. The van der Waals surface area contributed by atoms with E-state index in [1.807, 2.05) is 41.5 Å². The fraction of sp³-hybridized carbons (Fsp3) is 0.857. The Balaban J connectivity index is -0.0000000540. The molecule has 0 saturated heterocycles. The van der Waals surface area contributed by atoms with Crippen LogP contribution in [0.3, 0.4) is 0 Å². The Kier molecular flexibility index (Phi) is 13.9. The van der Waals surface area contributed by atoms with Crippen molar-refractivity contribution in [2.24, 2.45) is 10.8 Å². The van der Waals surface area contributed by atoms with Gasteiger partial charge in [-0.3, -0.25) is 9.59 Å². The van der Waals surface area contributed by atoms with Gasteiger partial charge < -0.3 is 6.15 Å². The standard InChI is InChI=1S/C7H14O.C6H12O.CH4.H3N.H2/c1-5-7(3,4)6(2)8;1-5(7)6(2,3)4;;;/h5H2,1-4H3;1-4H3;1H4;1H3;1H. The van der Waals surface area contributed by atoms with Gasteiger partial charge in [0.15, 0.2) is 0 Å². The zero-order valence-corrected chi connectivity index (χ0v) is 12.2. The molecule has 0 aliphatic heterocycles. The third kappa shape index (κ3) is 13.2. The molecule has 0 radical (unpaired) electrons. The van der Waals surface area contributed by atoms with E-state index in [-0.39, 0.29) is 37.4 Å². The van der Waals surface area contributed by atoms with Crippen LogP contribution in [0.25, 0.3) is 0 Å². The smallest absolute Gasteiger partial charge is 0.135 e. The maximum atomic E-state index is 10.7. The SMILES string of the molecule is C.CC(=O)C(C)(C)C.CCC(C)(C)C(C)=O.N.[HH]. The minimum atomic E-state index is -0.139. The monoisotopic (exact) mass is 249 g/mol. The van der Waals surface area contributed by atoms with E-state index in [4.69, 9.17) is 0 Å². The second-order valence-electron chi connectivity index (χ2n) is 5.60. The zero-order valence-electron chi connectivity index (χ0n) is 12.2. The first-order valence-corrected chi connectivity index (χ1v) is 5.47. The Hall–Kier alpha value is -0.700. The molecule has 0 aliphatic carbocycles. The first-order valence-electron chi connectivity index (χ1n) is 5.47. The molecule has 0 aliphatic rings. The maximum Gasteiger partial charge on any atom is 0.135 e. The molecule has 0 rings (SSSR count). The predicted octanol–water partition coefficient (Wildman–Crippen LogP) is 4.68. The first-order chi connectivity index (χ1) is 6.45. The van der Waals surface area contributed by atoms with E-state index >= 15 is 0 Å². The number of ketones is 2. The van der Waals surface area contributed by atoms with Crippen molar-refractivity contribution in [2.75, 3.05) is 0 Å². The molecule has 0 aromatic heterocycles. The number of carbonyl (C=O) groups is 2. The number of carbonyl (C=O) groups excluding carboxylic acids is 2. The van der Waals surface area contributed by atoms with E-state index in [9.17, 15) is 9.59 Å². The van der Waals surface area contributed by atoms with Crippen LogP contribution in [0.2, 0.25) is 0 Å². The lowest BCUT2D eigenvalue weighted by Crippen LogP contribution is -2.19. The van der Waals surface area contributed by atoms with Gasteiger partial charge in [-0.15, -0.1) is 0 Å². The molecule has 0 amide bonds. The second kappa shape index (κ2) is 9.34. The third-order valence-electron chi connectivity index (χ3n) is 2.89. The van der Waals surface area contributed by atoms with Crippen molar-refractivity contribution < 1.29 is 11.0 Å². The summed E-state index contributed by atoms with van der Waals surface area (Å²) in [5.74, 6) is 0.521. The zero-order chi connectivity index (χ0) is 12.9. The highest BCUT2D eigenvalue weighted by Crippen LogP contribution is 2.19. The van der Waals surface area contributed by atoms with E-state index in [0.29, 0.717) is 0 Å². The van der Waals surface area contributed by atoms with Crippen LogP contribution in [-0.4, -0.2) is 11.6 Å². The summed E-state index contributed by atoms with van der Waals surface area (Å²) in [5.41, 5.74) is -0.236. The van der Waals surface area contributed by atoms with Crippen molar-refractivity contribution in [1.29, 1.82) is 0 Å². The maximum absolute atomic E-state index is 10.7. The average Bonchev–Trinajstić information content (AvgIpc) is 2.03. The molecule has 3 nitrogen and oxygen atoms in total. The van der Waals surface area contributed by atoms with E-state index in [0.717, 1.165) is 6.42 Å². The van der Waals surface area contributed by atoms with Crippen LogP contribution < -0.4 is 6.15 Å². The Morgan fingerprint density at radius 1 is 0.941 bits per heavy atom. The Bertz CT molecular complexity index is 230. The van der Waals surface area contributed by atoms with Crippen LogP contribution in [0.4, 0.5) is 0 Å². The Morgan fingerprint density at radius 2 is 1.18 bits per heavy atom. The lowest BCUT2D eigenvalue weighted by molar-refractivity contribution is -0.125.